The van der Waals surface area contributed by atoms with E-state index in [0.29, 0.717) is 21.8 Å². The number of ether oxygens (including phenoxy) is 1. The van der Waals surface area contributed by atoms with Gasteiger partial charge in [0.1, 0.15) is 0 Å². The molecule has 0 spiro atoms. The van der Waals surface area contributed by atoms with Crippen molar-refractivity contribution in [1.29, 1.82) is 0 Å². The van der Waals surface area contributed by atoms with Crippen LogP contribution >= 0.6 is 11.6 Å². The van der Waals surface area contributed by atoms with E-state index in [2.05, 4.69) is 5.32 Å². The molecule has 27 heavy (non-hydrogen) atoms. The number of esters is 1. The molecule has 1 N–H and O–H groups in total. The Bertz CT molecular complexity index is 1080. The van der Waals surface area contributed by atoms with Gasteiger partial charge in [0, 0.05) is 16.1 Å². The van der Waals surface area contributed by atoms with Gasteiger partial charge in [0.05, 0.1) is 29.4 Å². The lowest BCUT2D eigenvalue weighted by atomic mass is 10.00. The number of halogens is 1. The van der Waals surface area contributed by atoms with Crippen LogP contribution in [-0.4, -0.2) is 24.0 Å². The lowest BCUT2D eigenvalue weighted by Gasteiger charge is -2.14. The van der Waals surface area contributed by atoms with Crippen molar-refractivity contribution in [3.8, 4) is 0 Å². The smallest absolute Gasteiger partial charge is 0.339 e. The van der Waals surface area contributed by atoms with E-state index in [4.69, 9.17) is 21.3 Å². The first-order valence-electron chi connectivity index (χ1n) is 8.68. The Labute approximate surface area is 161 Å². The van der Waals surface area contributed by atoms with Gasteiger partial charge in [-0.25, -0.2) is 4.79 Å². The lowest BCUT2D eigenvalue weighted by molar-refractivity contribution is 0.0602. The zero-order chi connectivity index (χ0) is 19.0. The molecule has 1 aliphatic carbocycles. The molecule has 1 aromatic heterocycles. The van der Waals surface area contributed by atoms with Gasteiger partial charge in [-0.2, -0.15) is 0 Å². The Morgan fingerprint density at radius 2 is 1.96 bits per heavy atom. The molecule has 0 saturated heterocycles. The molecule has 0 radical (unpaired) electrons. The molecule has 0 fully saturated rings. The minimum atomic E-state index is -0.501. The van der Waals surface area contributed by atoms with Crippen molar-refractivity contribution in [3.63, 3.8) is 0 Å². The van der Waals surface area contributed by atoms with E-state index in [1.165, 1.54) is 7.11 Å². The summed E-state index contributed by atoms with van der Waals surface area (Å²) in [6.07, 6.45) is 2.62. The van der Waals surface area contributed by atoms with Crippen LogP contribution in [0.25, 0.3) is 10.9 Å². The highest BCUT2D eigenvalue weighted by molar-refractivity contribution is 6.31. The van der Waals surface area contributed by atoms with Crippen LogP contribution in [0.1, 0.15) is 38.4 Å². The maximum absolute atomic E-state index is 13.2. The minimum absolute atomic E-state index is 0.279. The molecule has 1 heterocycles. The van der Waals surface area contributed by atoms with Crippen molar-refractivity contribution in [3.05, 3.63) is 69.9 Å². The van der Waals surface area contributed by atoms with E-state index in [0.717, 1.165) is 41.4 Å². The van der Waals surface area contributed by atoms with Gasteiger partial charge in [-0.15, -0.1) is 0 Å². The number of carbonyl (C=O) groups excluding carboxylic acids is 2. The molecule has 0 unspecified atom stereocenters. The number of para-hydroxylation sites is 1. The molecule has 5 nitrogen and oxygen atoms in total. The largest absolute Gasteiger partial charge is 0.465 e. The maximum Gasteiger partial charge on any atom is 0.339 e. The summed E-state index contributed by atoms with van der Waals surface area (Å²) in [5.74, 6) is -0.780. The molecule has 0 aliphatic heterocycles. The van der Waals surface area contributed by atoms with E-state index in [1.807, 2.05) is 6.07 Å². The number of fused-ring (bicyclic) bond motifs is 2. The lowest BCUT2D eigenvalue weighted by Crippen LogP contribution is -2.18. The summed E-state index contributed by atoms with van der Waals surface area (Å²) < 4.78 is 4.81. The third kappa shape index (κ3) is 3.15. The summed E-state index contributed by atoms with van der Waals surface area (Å²) in [6.45, 7) is 0. The number of benzene rings is 2. The molecular formula is C21H17ClN2O3. The number of pyridine rings is 1. The van der Waals surface area contributed by atoms with Crippen LogP contribution in [0.2, 0.25) is 5.02 Å². The Morgan fingerprint density at radius 1 is 1.15 bits per heavy atom. The quantitative estimate of drug-likeness (QED) is 0.683. The molecule has 136 valence electrons. The number of hydrogen-bond donors (Lipinski definition) is 1. The van der Waals surface area contributed by atoms with E-state index < -0.39 is 5.97 Å². The van der Waals surface area contributed by atoms with Crippen molar-refractivity contribution in [2.24, 2.45) is 0 Å². The van der Waals surface area contributed by atoms with E-state index in [1.54, 1.807) is 36.4 Å². The molecule has 0 bridgehead atoms. The number of carbonyl (C=O) groups is 2. The summed E-state index contributed by atoms with van der Waals surface area (Å²) in [4.78, 5) is 29.9. The zero-order valence-electron chi connectivity index (χ0n) is 14.7. The highest BCUT2D eigenvalue weighted by Crippen LogP contribution is 2.32. The molecule has 6 heteroatoms. The summed E-state index contributed by atoms with van der Waals surface area (Å²) in [5.41, 5.74) is 3.95. The normalized spacial score (nSPS) is 12.7. The summed E-state index contributed by atoms with van der Waals surface area (Å²) in [7, 11) is 1.31. The van der Waals surface area contributed by atoms with E-state index >= 15 is 0 Å². The van der Waals surface area contributed by atoms with Crippen molar-refractivity contribution in [1.82, 2.24) is 4.98 Å². The molecular weight excluding hydrogens is 364 g/mol. The number of aromatic nitrogens is 1. The minimum Gasteiger partial charge on any atom is -0.465 e. The van der Waals surface area contributed by atoms with Gasteiger partial charge in [-0.1, -0.05) is 23.7 Å². The van der Waals surface area contributed by atoms with Gasteiger partial charge in [0.2, 0.25) is 0 Å². The Hall–Kier alpha value is -2.92. The van der Waals surface area contributed by atoms with Crippen molar-refractivity contribution in [2.75, 3.05) is 12.4 Å². The van der Waals surface area contributed by atoms with Crippen molar-refractivity contribution >= 4 is 40.1 Å². The highest BCUT2D eigenvalue weighted by Gasteiger charge is 2.25. The van der Waals surface area contributed by atoms with E-state index in [-0.39, 0.29) is 5.91 Å². The number of nitrogens with zero attached hydrogens (tertiary/aromatic N) is 1. The number of aryl methyl sites for hydroxylation is 1. The van der Waals surface area contributed by atoms with Crippen LogP contribution < -0.4 is 5.32 Å². The Morgan fingerprint density at radius 3 is 2.78 bits per heavy atom. The predicted molar refractivity (Wildman–Crippen MR) is 105 cm³/mol. The second kappa shape index (κ2) is 7.00. The predicted octanol–water partition coefficient (Wildman–Crippen LogP) is 4.42. The monoisotopic (exact) mass is 380 g/mol. The van der Waals surface area contributed by atoms with Gasteiger partial charge in [0.15, 0.2) is 0 Å². The fourth-order valence-corrected chi connectivity index (χ4v) is 3.73. The molecule has 1 amide bonds. The number of nitrogens with one attached hydrogen (secondary N) is 1. The van der Waals surface area contributed by atoms with Crippen molar-refractivity contribution in [2.45, 2.75) is 19.3 Å². The topological polar surface area (TPSA) is 68.3 Å². The SMILES string of the molecule is COC(=O)c1ccccc1NC(=O)c1c2c(nc3ccc(Cl)cc13)CCC2. The number of rotatable bonds is 3. The molecule has 0 atom stereocenters. The zero-order valence-corrected chi connectivity index (χ0v) is 15.5. The van der Waals surface area contributed by atoms with E-state index in [9.17, 15) is 9.59 Å². The molecule has 2 aromatic carbocycles. The fraction of sp³-hybridized carbons (Fsp3) is 0.190. The van der Waals surface area contributed by atoms with Crippen LogP contribution in [0.5, 0.6) is 0 Å². The van der Waals surface area contributed by atoms with Gasteiger partial charge in [0.25, 0.3) is 5.91 Å². The highest BCUT2D eigenvalue weighted by atomic mass is 35.5. The number of hydrogen-bond acceptors (Lipinski definition) is 4. The van der Waals surface area contributed by atoms with Gasteiger partial charge >= 0.3 is 5.97 Å². The van der Waals surface area contributed by atoms with Crippen LogP contribution in [0.15, 0.2) is 42.5 Å². The average molecular weight is 381 g/mol. The summed E-state index contributed by atoms with van der Waals surface area (Å²) in [6, 6.07) is 12.1. The first kappa shape index (κ1) is 17.5. The Kier molecular flexibility index (Phi) is 4.54. The second-order valence-corrected chi connectivity index (χ2v) is 6.85. The van der Waals surface area contributed by atoms with Crippen LogP contribution in [-0.2, 0) is 17.6 Å². The van der Waals surface area contributed by atoms with Gasteiger partial charge in [-0.3, -0.25) is 9.78 Å². The van der Waals surface area contributed by atoms with Crippen molar-refractivity contribution < 1.29 is 14.3 Å². The van der Waals surface area contributed by atoms with Gasteiger partial charge in [-0.05, 0) is 55.2 Å². The fourth-order valence-electron chi connectivity index (χ4n) is 3.56. The second-order valence-electron chi connectivity index (χ2n) is 6.42. The first-order chi connectivity index (χ1) is 13.1. The first-order valence-corrected chi connectivity index (χ1v) is 9.06. The summed E-state index contributed by atoms with van der Waals surface area (Å²) in [5, 5.41) is 4.14. The third-order valence-electron chi connectivity index (χ3n) is 4.78. The number of anilines is 1. The molecule has 0 saturated carbocycles. The van der Waals surface area contributed by atoms with Gasteiger partial charge < -0.3 is 10.1 Å². The maximum atomic E-state index is 13.2. The standard InChI is InChI=1S/C21H17ClN2O3/c1-27-21(26)14-5-2-3-7-17(14)24-20(25)19-13-6-4-8-16(13)23-18-10-9-12(22)11-15(18)19/h2-3,5,7,9-11H,4,6,8H2,1H3,(H,24,25). The van der Waals surface area contributed by atoms with Crippen LogP contribution in [0.4, 0.5) is 5.69 Å². The summed E-state index contributed by atoms with van der Waals surface area (Å²) >= 11 is 6.17. The molecule has 3 aromatic rings. The Balaban J connectivity index is 1.83. The average Bonchev–Trinajstić information content (AvgIpc) is 3.13. The molecule has 1 aliphatic rings. The number of methoxy groups -OCH3 is 1. The van der Waals surface area contributed by atoms with Crippen LogP contribution in [0, 0.1) is 0 Å². The molecule has 4 rings (SSSR count). The number of amides is 1. The van der Waals surface area contributed by atoms with Crippen LogP contribution in [0.3, 0.4) is 0 Å². The third-order valence-corrected chi connectivity index (χ3v) is 5.02.